The van der Waals surface area contributed by atoms with Gasteiger partial charge in [0, 0.05) is 17.1 Å². The highest BCUT2D eigenvalue weighted by atomic mass is 35.5. The zero-order valence-electron chi connectivity index (χ0n) is 10.2. The molecule has 0 saturated heterocycles. The molecule has 1 aliphatic rings. The van der Waals surface area contributed by atoms with Gasteiger partial charge in [-0.25, -0.2) is 4.39 Å². The van der Waals surface area contributed by atoms with E-state index in [1.807, 2.05) is 0 Å². The fourth-order valence-corrected chi connectivity index (χ4v) is 2.79. The Balaban J connectivity index is 2.13. The minimum atomic E-state index is -0.166. The van der Waals surface area contributed by atoms with E-state index in [2.05, 4.69) is 12.2 Å². The van der Waals surface area contributed by atoms with Crippen LogP contribution in [0.1, 0.15) is 31.7 Å². The van der Waals surface area contributed by atoms with Crippen LogP contribution in [0.2, 0.25) is 5.02 Å². The molecule has 17 heavy (non-hydrogen) atoms. The van der Waals surface area contributed by atoms with E-state index < -0.39 is 0 Å². The molecule has 0 radical (unpaired) electrons. The summed E-state index contributed by atoms with van der Waals surface area (Å²) < 4.78 is 13.8. The molecule has 0 aliphatic heterocycles. The quantitative estimate of drug-likeness (QED) is 0.844. The number of hydrogen-bond donors (Lipinski definition) is 1. The lowest BCUT2D eigenvalue weighted by atomic mass is 9.65. The van der Waals surface area contributed by atoms with E-state index >= 15 is 0 Å². The third-order valence-corrected chi connectivity index (χ3v) is 4.13. The molecule has 0 bridgehead atoms. The lowest BCUT2D eigenvalue weighted by Gasteiger charge is -2.42. The van der Waals surface area contributed by atoms with Crippen LogP contribution in [-0.4, -0.2) is 13.1 Å². The summed E-state index contributed by atoms with van der Waals surface area (Å²) in [4.78, 5) is 0. The second kappa shape index (κ2) is 5.36. The monoisotopic (exact) mass is 255 g/mol. The molecule has 1 nitrogen and oxygen atoms in total. The highest BCUT2D eigenvalue weighted by molar-refractivity contribution is 6.31. The molecule has 1 aliphatic carbocycles. The molecule has 0 aromatic heterocycles. The Morgan fingerprint density at radius 2 is 2.18 bits per heavy atom. The minimum Gasteiger partial charge on any atom is -0.316 e. The fourth-order valence-electron chi connectivity index (χ4n) is 2.56. The van der Waals surface area contributed by atoms with Gasteiger partial charge in [-0.2, -0.15) is 0 Å². The van der Waals surface area contributed by atoms with Gasteiger partial charge in [0.25, 0.3) is 0 Å². The SMILES string of the molecule is CCNCC1(Cc2c(F)cccc2Cl)CCC1. The van der Waals surface area contributed by atoms with E-state index in [0.717, 1.165) is 19.5 Å². The van der Waals surface area contributed by atoms with Crippen molar-refractivity contribution >= 4 is 11.6 Å². The average Bonchev–Trinajstić information content (AvgIpc) is 2.26. The Morgan fingerprint density at radius 3 is 2.71 bits per heavy atom. The zero-order chi connectivity index (χ0) is 12.3. The second-order valence-electron chi connectivity index (χ2n) is 5.01. The van der Waals surface area contributed by atoms with E-state index in [4.69, 9.17) is 11.6 Å². The predicted octanol–water partition coefficient (Wildman–Crippen LogP) is 3.80. The van der Waals surface area contributed by atoms with Crippen molar-refractivity contribution in [3.05, 3.63) is 34.6 Å². The molecule has 2 rings (SSSR count). The second-order valence-corrected chi connectivity index (χ2v) is 5.42. The molecule has 1 aromatic rings. The topological polar surface area (TPSA) is 12.0 Å². The van der Waals surface area contributed by atoms with Crippen LogP contribution in [0.25, 0.3) is 0 Å². The molecule has 3 heteroatoms. The van der Waals surface area contributed by atoms with Gasteiger partial charge < -0.3 is 5.32 Å². The molecule has 0 atom stereocenters. The fraction of sp³-hybridized carbons (Fsp3) is 0.571. The van der Waals surface area contributed by atoms with Crippen LogP contribution in [0.15, 0.2) is 18.2 Å². The summed E-state index contributed by atoms with van der Waals surface area (Å²) in [6.45, 7) is 4.03. The Bertz CT molecular complexity index is 368. The largest absolute Gasteiger partial charge is 0.316 e. The van der Waals surface area contributed by atoms with Gasteiger partial charge in [-0.05, 0) is 43.4 Å². The minimum absolute atomic E-state index is 0.166. The summed E-state index contributed by atoms with van der Waals surface area (Å²) in [5.41, 5.74) is 0.911. The van der Waals surface area contributed by atoms with Crippen LogP contribution < -0.4 is 5.32 Å². The first-order valence-electron chi connectivity index (χ1n) is 6.30. The van der Waals surface area contributed by atoms with Crippen LogP contribution in [0.3, 0.4) is 0 Å². The lowest BCUT2D eigenvalue weighted by Crippen LogP contribution is -2.41. The van der Waals surface area contributed by atoms with E-state index in [9.17, 15) is 4.39 Å². The first-order chi connectivity index (χ1) is 8.17. The third kappa shape index (κ3) is 2.80. The smallest absolute Gasteiger partial charge is 0.127 e. The zero-order valence-corrected chi connectivity index (χ0v) is 11.0. The third-order valence-electron chi connectivity index (χ3n) is 3.78. The van der Waals surface area contributed by atoms with Crippen molar-refractivity contribution in [3.63, 3.8) is 0 Å². The molecule has 1 saturated carbocycles. The molecule has 0 spiro atoms. The number of hydrogen-bond acceptors (Lipinski definition) is 1. The highest BCUT2D eigenvalue weighted by Crippen LogP contribution is 2.44. The first-order valence-corrected chi connectivity index (χ1v) is 6.68. The summed E-state index contributed by atoms with van der Waals surface area (Å²) in [5, 5.41) is 3.95. The average molecular weight is 256 g/mol. The van der Waals surface area contributed by atoms with Gasteiger partial charge in [0.15, 0.2) is 0 Å². The summed E-state index contributed by atoms with van der Waals surface area (Å²) in [6.07, 6.45) is 4.35. The number of rotatable bonds is 5. The van der Waals surface area contributed by atoms with Gasteiger partial charge >= 0.3 is 0 Å². The first kappa shape index (κ1) is 12.8. The molecule has 0 heterocycles. The van der Waals surface area contributed by atoms with Crippen molar-refractivity contribution in [3.8, 4) is 0 Å². The van der Waals surface area contributed by atoms with Crippen LogP contribution in [-0.2, 0) is 6.42 Å². The van der Waals surface area contributed by atoms with Crippen molar-refractivity contribution in [2.45, 2.75) is 32.6 Å². The summed E-state index contributed by atoms with van der Waals surface area (Å²) in [7, 11) is 0. The van der Waals surface area contributed by atoms with Crippen LogP contribution in [0.4, 0.5) is 4.39 Å². The van der Waals surface area contributed by atoms with Gasteiger partial charge in [-0.1, -0.05) is 31.0 Å². The lowest BCUT2D eigenvalue weighted by molar-refractivity contribution is 0.130. The van der Waals surface area contributed by atoms with E-state index in [1.165, 1.54) is 25.3 Å². The van der Waals surface area contributed by atoms with Crippen molar-refractivity contribution < 1.29 is 4.39 Å². The normalized spacial score (nSPS) is 17.8. The molecule has 1 fully saturated rings. The number of halogens is 2. The van der Waals surface area contributed by atoms with Crippen molar-refractivity contribution in [1.82, 2.24) is 5.32 Å². The van der Waals surface area contributed by atoms with E-state index in [1.54, 1.807) is 12.1 Å². The van der Waals surface area contributed by atoms with Crippen molar-refractivity contribution in [1.29, 1.82) is 0 Å². The maximum atomic E-state index is 13.8. The highest BCUT2D eigenvalue weighted by Gasteiger charge is 2.37. The van der Waals surface area contributed by atoms with Gasteiger partial charge in [0.2, 0.25) is 0 Å². The Labute approximate surface area is 107 Å². The van der Waals surface area contributed by atoms with Crippen LogP contribution >= 0.6 is 11.6 Å². The number of benzene rings is 1. The number of nitrogens with one attached hydrogen (secondary N) is 1. The Hall–Kier alpha value is -0.600. The van der Waals surface area contributed by atoms with Crippen LogP contribution in [0.5, 0.6) is 0 Å². The molecular weight excluding hydrogens is 237 g/mol. The molecule has 1 aromatic carbocycles. The van der Waals surface area contributed by atoms with Crippen molar-refractivity contribution in [2.75, 3.05) is 13.1 Å². The molecule has 1 N–H and O–H groups in total. The molecule has 0 unspecified atom stereocenters. The maximum absolute atomic E-state index is 13.8. The molecular formula is C14H19ClFN. The summed E-state index contributed by atoms with van der Waals surface area (Å²) in [6, 6.07) is 4.94. The van der Waals surface area contributed by atoms with Crippen LogP contribution in [0, 0.1) is 11.2 Å². The van der Waals surface area contributed by atoms with E-state index in [-0.39, 0.29) is 11.2 Å². The van der Waals surface area contributed by atoms with Crippen molar-refractivity contribution in [2.24, 2.45) is 5.41 Å². The summed E-state index contributed by atoms with van der Waals surface area (Å²) >= 11 is 6.09. The van der Waals surface area contributed by atoms with Gasteiger partial charge in [-0.3, -0.25) is 0 Å². The summed E-state index contributed by atoms with van der Waals surface area (Å²) in [5.74, 6) is -0.166. The standard InChI is InChI=1S/C14H19ClFN/c1-2-17-10-14(7-4-8-14)9-11-12(15)5-3-6-13(11)16/h3,5-6,17H,2,4,7-10H2,1H3. The Kier molecular flexibility index (Phi) is 4.05. The van der Waals surface area contributed by atoms with Gasteiger partial charge in [0.05, 0.1) is 0 Å². The molecule has 0 amide bonds. The van der Waals surface area contributed by atoms with Gasteiger partial charge in [0.1, 0.15) is 5.82 Å². The predicted molar refractivity (Wildman–Crippen MR) is 69.9 cm³/mol. The van der Waals surface area contributed by atoms with Gasteiger partial charge in [-0.15, -0.1) is 0 Å². The Morgan fingerprint density at radius 1 is 1.41 bits per heavy atom. The maximum Gasteiger partial charge on any atom is 0.127 e. The molecule has 94 valence electrons. The van der Waals surface area contributed by atoms with E-state index in [0.29, 0.717) is 10.6 Å².